The summed E-state index contributed by atoms with van der Waals surface area (Å²) < 4.78 is 3.50. The highest BCUT2D eigenvalue weighted by Gasteiger charge is 2.23. The summed E-state index contributed by atoms with van der Waals surface area (Å²) in [6, 6.07) is 2.10. The third-order valence-corrected chi connectivity index (χ3v) is 6.72. The molecular formula is C20H28N2OS2. The number of aliphatic hydroxyl groups excluding tert-OH is 1. The van der Waals surface area contributed by atoms with E-state index in [9.17, 15) is 5.11 Å². The molecule has 0 saturated carbocycles. The van der Waals surface area contributed by atoms with Crippen molar-refractivity contribution in [2.75, 3.05) is 0 Å². The van der Waals surface area contributed by atoms with Crippen LogP contribution in [-0.4, -0.2) is 21.6 Å². The van der Waals surface area contributed by atoms with Gasteiger partial charge in [-0.15, -0.1) is 11.3 Å². The number of allylic oxidation sites excluding steroid dienone is 3. The Balaban J connectivity index is 2.16. The predicted molar refractivity (Wildman–Crippen MR) is 113 cm³/mol. The number of rotatable bonds is 6. The molecular weight excluding hydrogens is 348 g/mol. The molecule has 3 nitrogen and oxygen atoms in total. The molecule has 0 aromatic carbocycles. The van der Waals surface area contributed by atoms with Gasteiger partial charge in [0, 0.05) is 43.3 Å². The Kier molecular flexibility index (Phi) is 6.72. The standard InChI is InChI=1S/C20H28N2OS2/c1-6-14(12-23)19-17(13(2)21)11-18(24-19)15-7-9-16(10-8-15)25-22-20(3,4)5/h6-7,9,11-12,15-16,21-23H,1,8,10H2,2-5H3. The van der Waals surface area contributed by atoms with Crippen LogP contribution in [0.3, 0.4) is 0 Å². The first kappa shape index (κ1) is 20.0. The molecule has 0 radical (unpaired) electrons. The summed E-state index contributed by atoms with van der Waals surface area (Å²) in [5.41, 5.74) is 2.20. The van der Waals surface area contributed by atoms with Gasteiger partial charge in [0.05, 0.1) is 6.26 Å². The van der Waals surface area contributed by atoms with Crippen LogP contribution in [0.5, 0.6) is 0 Å². The lowest BCUT2D eigenvalue weighted by atomic mass is 9.93. The molecule has 0 saturated heterocycles. The lowest BCUT2D eigenvalue weighted by molar-refractivity contribution is 0.476. The molecule has 0 fully saturated rings. The summed E-state index contributed by atoms with van der Waals surface area (Å²) in [5, 5.41) is 18.0. The lowest BCUT2D eigenvalue weighted by Crippen LogP contribution is -2.32. The first-order valence-corrected chi connectivity index (χ1v) is 10.2. The van der Waals surface area contributed by atoms with E-state index < -0.39 is 0 Å². The monoisotopic (exact) mass is 376 g/mol. The summed E-state index contributed by atoms with van der Waals surface area (Å²) in [4.78, 5) is 2.18. The van der Waals surface area contributed by atoms with Gasteiger partial charge < -0.3 is 10.5 Å². The van der Waals surface area contributed by atoms with Gasteiger partial charge >= 0.3 is 0 Å². The van der Waals surface area contributed by atoms with Crippen LogP contribution in [0.2, 0.25) is 0 Å². The van der Waals surface area contributed by atoms with Crippen molar-refractivity contribution in [3.05, 3.63) is 52.5 Å². The van der Waals surface area contributed by atoms with Gasteiger partial charge in [0.25, 0.3) is 0 Å². The van der Waals surface area contributed by atoms with Crippen molar-refractivity contribution in [1.29, 1.82) is 5.41 Å². The second-order valence-electron chi connectivity index (χ2n) is 7.38. The minimum Gasteiger partial charge on any atom is -0.515 e. The van der Waals surface area contributed by atoms with E-state index in [1.807, 2.05) is 0 Å². The van der Waals surface area contributed by atoms with Crippen molar-refractivity contribution >= 4 is 34.6 Å². The van der Waals surface area contributed by atoms with Crippen molar-refractivity contribution in [2.45, 2.75) is 57.2 Å². The zero-order valence-corrected chi connectivity index (χ0v) is 17.1. The van der Waals surface area contributed by atoms with E-state index in [4.69, 9.17) is 5.41 Å². The van der Waals surface area contributed by atoms with Crippen molar-refractivity contribution in [1.82, 2.24) is 4.72 Å². The molecule has 25 heavy (non-hydrogen) atoms. The molecule has 1 heterocycles. The van der Waals surface area contributed by atoms with Crippen LogP contribution in [0.1, 0.15) is 61.8 Å². The van der Waals surface area contributed by atoms with Gasteiger partial charge in [0.2, 0.25) is 0 Å². The average molecular weight is 377 g/mol. The molecule has 0 aliphatic heterocycles. The van der Waals surface area contributed by atoms with Crippen molar-refractivity contribution in [3.63, 3.8) is 0 Å². The fraction of sp³-hybridized carbons (Fsp3) is 0.450. The summed E-state index contributed by atoms with van der Waals surface area (Å²) in [6.45, 7) is 12.1. The van der Waals surface area contributed by atoms with E-state index in [-0.39, 0.29) is 5.54 Å². The normalized spacial score (nSPS) is 21.4. The van der Waals surface area contributed by atoms with Crippen molar-refractivity contribution in [3.8, 4) is 0 Å². The fourth-order valence-corrected chi connectivity index (χ4v) is 4.94. The van der Waals surface area contributed by atoms with Gasteiger partial charge in [-0.05, 0) is 46.6 Å². The van der Waals surface area contributed by atoms with Gasteiger partial charge in [-0.3, -0.25) is 4.72 Å². The van der Waals surface area contributed by atoms with E-state index >= 15 is 0 Å². The molecule has 0 amide bonds. The second kappa shape index (κ2) is 8.39. The largest absolute Gasteiger partial charge is 0.515 e. The van der Waals surface area contributed by atoms with Crippen LogP contribution in [0, 0.1) is 5.41 Å². The van der Waals surface area contributed by atoms with Crippen LogP contribution >= 0.6 is 23.3 Å². The van der Waals surface area contributed by atoms with Crippen LogP contribution < -0.4 is 4.72 Å². The smallest absolute Gasteiger partial charge is 0.0878 e. The SMILES string of the molecule is C=CC(=CO)c1sc(C2C=CC(SNC(C)(C)C)CC2)cc1C(C)=N. The summed E-state index contributed by atoms with van der Waals surface area (Å²) >= 11 is 3.46. The van der Waals surface area contributed by atoms with E-state index in [0.29, 0.717) is 22.5 Å². The van der Waals surface area contributed by atoms with Crippen LogP contribution in [0.4, 0.5) is 0 Å². The molecule has 5 heteroatoms. The minimum absolute atomic E-state index is 0.117. The maximum atomic E-state index is 9.44. The number of hydrogen-bond donors (Lipinski definition) is 3. The van der Waals surface area contributed by atoms with Gasteiger partial charge in [-0.2, -0.15) is 0 Å². The highest BCUT2D eigenvalue weighted by atomic mass is 32.2. The molecule has 2 unspecified atom stereocenters. The summed E-state index contributed by atoms with van der Waals surface area (Å²) in [5.74, 6) is 0.382. The molecule has 0 spiro atoms. The van der Waals surface area contributed by atoms with E-state index in [0.717, 1.165) is 29.5 Å². The Bertz CT molecular complexity index is 695. The number of thiophene rings is 1. The van der Waals surface area contributed by atoms with Gasteiger partial charge in [-0.25, -0.2) is 0 Å². The van der Waals surface area contributed by atoms with E-state index in [2.05, 4.69) is 50.3 Å². The fourth-order valence-electron chi connectivity index (χ4n) is 2.67. The highest BCUT2D eigenvalue weighted by molar-refractivity contribution is 7.98. The van der Waals surface area contributed by atoms with E-state index in [1.165, 1.54) is 4.88 Å². The summed E-state index contributed by atoms with van der Waals surface area (Å²) in [6.07, 6.45) is 9.54. The molecule has 0 bridgehead atoms. The van der Waals surface area contributed by atoms with Gasteiger partial charge in [0.15, 0.2) is 0 Å². The van der Waals surface area contributed by atoms with Crippen LogP contribution in [0.25, 0.3) is 5.57 Å². The third kappa shape index (κ3) is 5.33. The first-order valence-electron chi connectivity index (χ1n) is 8.52. The van der Waals surface area contributed by atoms with Gasteiger partial charge in [-0.1, -0.05) is 36.8 Å². The Morgan fingerprint density at radius 2 is 2.12 bits per heavy atom. The quantitative estimate of drug-likeness (QED) is 0.186. The zero-order chi connectivity index (χ0) is 18.6. The second-order valence-corrected chi connectivity index (χ2v) is 9.51. The van der Waals surface area contributed by atoms with Crippen LogP contribution in [-0.2, 0) is 0 Å². The van der Waals surface area contributed by atoms with Crippen molar-refractivity contribution < 1.29 is 5.11 Å². The maximum absolute atomic E-state index is 9.44. The molecule has 136 valence electrons. The van der Waals surface area contributed by atoms with Crippen molar-refractivity contribution in [2.24, 2.45) is 0 Å². The Hall–Kier alpha value is -1.30. The molecule has 1 aliphatic carbocycles. The first-order chi connectivity index (χ1) is 11.7. The van der Waals surface area contributed by atoms with E-state index in [1.54, 1.807) is 36.3 Å². The van der Waals surface area contributed by atoms with Crippen LogP contribution in [0.15, 0.2) is 37.1 Å². The average Bonchev–Trinajstić information content (AvgIpc) is 2.99. The molecule has 1 aromatic rings. The highest BCUT2D eigenvalue weighted by Crippen LogP contribution is 2.39. The number of hydrogen-bond acceptors (Lipinski definition) is 5. The summed E-state index contributed by atoms with van der Waals surface area (Å²) in [7, 11) is 0. The molecule has 1 aromatic heterocycles. The Morgan fingerprint density at radius 1 is 1.40 bits per heavy atom. The molecule has 2 rings (SSSR count). The maximum Gasteiger partial charge on any atom is 0.0878 e. The number of nitrogens with one attached hydrogen (secondary N) is 2. The molecule has 1 aliphatic rings. The molecule has 2 atom stereocenters. The Morgan fingerprint density at radius 3 is 2.60 bits per heavy atom. The zero-order valence-electron chi connectivity index (χ0n) is 15.4. The lowest BCUT2D eigenvalue weighted by Gasteiger charge is -2.26. The molecule has 3 N–H and O–H groups in total. The topological polar surface area (TPSA) is 56.1 Å². The predicted octanol–water partition coefficient (Wildman–Crippen LogP) is 6.06. The van der Waals surface area contributed by atoms with Gasteiger partial charge in [0.1, 0.15) is 0 Å². The number of aliphatic hydroxyl groups is 1. The minimum atomic E-state index is 0.117. The third-order valence-electron chi connectivity index (χ3n) is 3.98. The Labute approximate surface area is 159 Å².